The molecule has 1 heterocycles. The van der Waals surface area contributed by atoms with Crippen LogP contribution in [0.1, 0.15) is 25.7 Å². The minimum absolute atomic E-state index is 0.0680. The summed E-state index contributed by atoms with van der Waals surface area (Å²) in [4.78, 5) is 12.0. The standard InChI is InChI=1S/C13H24N2O3/c1-17-7-5-13(3-2-4-13)10-15-12(16)11-9-18-8-6-14-11/h11,14H,2-10H2,1H3,(H,15,16). The normalized spacial score (nSPS) is 26.4. The first-order valence-corrected chi connectivity index (χ1v) is 6.84. The molecule has 0 radical (unpaired) electrons. The molecule has 5 nitrogen and oxygen atoms in total. The van der Waals surface area contributed by atoms with Crippen molar-refractivity contribution in [3.05, 3.63) is 0 Å². The van der Waals surface area contributed by atoms with Gasteiger partial charge in [0.15, 0.2) is 0 Å². The molecule has 2 rings (SSSR count). The van der Waals surface area contributed by atoms with Gasteiger partial charge in [-0.25, -0.2) is 0 Å². The summed E-state index contributed by atoms with van der Waals surface area (Å²) >= 11 is 0. The molecule has 0 bridgehead atoms. The van der Waals surface area contributed by atoms with E-state index in [1.165, 1.54) is 19.3 Å². The van der Waals surface area contributed by atoms with Crippen LogP contribution < -0.4 is 10.6 Å². The second kappa shape index (κ2) is 6.50. The van der Waals surface area contributed by atoms with E-state index in [9.17, 15) is 4.79 Å². The summed E-state index contributed by atoms with van der Waals surface area (Å²) in [5.74, 6) is 0.0680. The molecule has 1 aliphatic carbocycles. The Bertz CT molecular complexity index is 273. The number of carbonyl (C=O) groups is 1. The lowest BCUT2D eigenvalue weighted by atomic mass is 9.66. The average molecular weight is 256 g/mol. The summed E-state index contributed by atoms with van der Waals surface area (Å²) in [5, 5.41) is 6.24. The van der Waals surface area contributed by atoms with Crippen molar-refractivity contribution < 1.29 is 14.3 Å². The van der Waals surface area contributed by atoms with Crippen molar-refractivity contribution in [1.82, 2.24) is 10.6 Å². The topological polar surface area (TPSA) is 59.6 Å². The van der Waals surface area contributed by atoms with Crippen molar-refractivity contribution in [2.24, 2.45) is 5.41 Å². The Morgan fingerprint density at radius 2 is 2.39 bits per heavy atom. The van der Waals surface area contributed by atoms with Crippen molar-refractivity contribution in [2.45, 2.75) is 31.7 Å². The Hall–Kier alpha value is -0.650. The summed E-state index contributed by atoms with van der Waals surface area (Å²) in [7, 11) is 1.73. The third-order valence-corrected chi connectivity index (χ3v) is 4.13. The molecular formula is C13H24N2O3. The SMILES string of the molecule is COCCC1(CNC(=O)C2COCCN2)CCC1. The van der Waals surface area contributed by atoms with Gasteiger partial charge in [0, 0.05) is 26.8 Å². The van der Waals surface area contributed by atoms with Gasteiger partial charge in [-0.2, -0.15) is 0 Å². The molecule has 0 aromatic heterocycles. The van der Waals surface area contributed by atoms with Crippen molar-refractivity contribution in [2.75, 3.05) is 40.0 Å². The summed E-state index contributed by atoms with van der Waals surface area (Å²) in [6.07, 6.45) is 4.71. The smallest absolute Gasteiger partial charge is 0.239 e. The number of rotatable bonds is 6. The molecule has 1 aliphatic heterocycles. The van der Waals surface area contributed by atoms with Crippen LogP contribution in [0.25, 0.3) is 0 Å². The quantitative estimate of drug-likeness (QED) is 0.717. The van der Waals surface area contributed by atoms with E-state index in [0.29, 0.717) is 13.2 Å². The lowest BCUT2D eigenvalue weighted by Crippen LogP contribution is -2.53. The van der Waals surface area contributed by atoms with E-state index in [-0.39, 0.29) is 17.4 Å². The van der Waals surface area contributed by atoms with Crippen molar-refractivity contribution in [3.8, 4) is 0 Å². The first-order valence-electron chi connectivity index (χ1n) is 6.84. The predicted octanol–water partition coefficient (Wildman–Crippen LogP) is 0.298. The van der Waals surface area contributed by atoms with Crippen LogP contribution in [0.4, 0.5) is 0 Å². The monoisotopic (exact) mass is 256 g/mol. The minimum Gasteiger partial charge on any atom is -0.385 e. The van der Waals surface area contributed by atoms with E-state index < -0.39 is 0 Å². The molecule has 18 heavy (non-hydrogen) atoms. The van der Waals surface area contributed by atoms with Crippen LogP contribution in [-0.2, 0) is 14.3 Å². The molecule has 0 spiro atoms. The largest absolute Gasteiger partial charge is 0.385 e. The third kappa shape index (κ3) is 3.43. The van der Waals surface area contributed by atoms with Gasteiger partial charge in [-0.05, 0) is 24.7 Å². The van der Waals surface area contributed by atoms with Gasteiger partial charge in [-0.3, -0.25) is 4.79 Å². The van der Waals surface area contributed by atoms with Crippen LogP contribution in [0, 0.1) is 5.41 Å². The van der Waals surface area contributed by atoms with Gasteiger partial charge in [-0.1, -0.05) is 6.42 Å². The number of morpholine rings is 1. The Balaban J connectivity index is 1.73. The zero-order valence-corrected chi connectivity index (χ0v) is 11.2. The van der Waals surface area contributed by atoms with Crippen LogP contribution in [0.5, 0.6) is 0 Å². The fourth-order valence-corrected chi connectivity index (χ4v) is 2.64. The van der Waals surface area contributed by atoms with E-state index in [2.05, 4.69) is 10.6 Å². The maximum absolute atomic E-state index is 12.0. The molecule has 2 N–H and O–H groups in total. The Labute approximate surface area is 109 Å². The second-order valence-electron chi connectivity index (χ2n) is 5.40. The van der Waals surface area contributed by atoms with Crippen LogP contribution in [-0.4, -0.2) is 52.0 Å². The van der Waals surface area contributed by atoms with E-state index in [1.807, 2.05) is 0 Å². The highest BCUT2D eigenvalue weighted by Gasteiger charge is 2.37. The summed E-state index contributed by atoms with van der Waals surface area (Å²) in [6.45, 7) is 3.49. The van der Waals surface area contributed by atoms with Crippen molar-refractivity contribution in [1.29, 1.82) is 0 Å². The lowest BCUT2D eigenvalue weighted by Gasteiger charge is -2.42. The highest BCUT2D eigenvalue weighted by atomic mass is 16.5. The Morgan fingerprint density at radius 1 is 1.56 bits per heavy atom. The summed E-state index contributed by atoms with van der Waals surface area (Å²) in [5.41, 5.74) is 0.279. The van der Waals surface area contributed by atoms with Gasteiger partial charge < -0.3 is 20.1 Å². The third-order valence-electron chi connectivity index (χ3n) is 4.13. The van der Waals surface area contributed by atoms with Gasteiger partial charge in [-0.15, -0.1) is 0 Å². The fourth-order valence-electron chi connectivity index (χ4n) is 2.64. The summed E-state index contributed by atoms with van der Waals surface area (Å²) in [6, 6.07) is -0.182. The van der Waals surface area contributed by atoms with Crippen LogP contribution >= 0.6 is 0 Å². The first kappa shape index (κ1) is 13.8. The zero-order valence-electron chi connectivity index (χ0n) is 11.2. The van der Waals surface area contributed by atoms with E-state index >= 15 is 0 Å². The fraction of sp³-hybridized carbons (Fsp3) is 0.923. The van der Waals surface area contributed by atoms with Crippen LogP contribution in [0.15, 0.2) is 0 Å². The number of hydrogen-bond donors (Lipinski definition) is 2. The maximum Gasteiger partial charge on any atom is 0.239 e. The Kier molecular flexibility index (Phi) is 4.97. The molecule has 1 saturated heterocycles. The predicted molar refractivity (Wildman–Crippen MR) is 68.4 cm³/mol. The van der Waals surface area contributed by atoms with Gasteiger partial charge in [0.1, 0.15) is 6.04 Å². The molecule has 104 valence electrons. The van der Waals surface area contributed by atoms with Crippen molar-refractivity contribution >= 4 is 5.91 Å². The molecule has 2 fully saturated rings. The molecule has 1 amide bonds. The number of methoxy groups -OCH3 is 1. The first-order chi connectivity index (χ1) is 8.76. The molecule has 0 aromatic carbocycles. The average Bonchev–Trinajstić information content (AvgIpc) is 2.38. The van der Waals surface area contributed by atoms with Gasteiger partial charge in [0.2, 0.25) is 5.91 Å². The van der Waals surface area contributed by atoms with E-state index in [0.717, 1.165) is 26.1 Å². The van der Waals surface area contributed by atoms with Gasteiger partial charge in [0.25, 0.3) is 0 Å². The molecule has 1 saturated carbocycles. The second-order valence-corrected chi connectivity index (χ2v) is 5.40. The molecule has 2 aliphatic rings. The molecule has 5 heteroatoms. The number of hydrogen-bond acceptors (Lipinski definition) is 4. The lowest BCUT2D eigenvalue weighted by molar-refractivity contribution is -0.126. The number of ether oxygens (including phenoxy) is 2. The Morgan fingerprint density at radius 3 is 2.94 bits per heavy atom. The zero-order chi connectivity index (χ0) is 12.8. The number of nitrogens with one attached hydrogen (secondary N) is 2. The van der Waals surface area contributed by atoms with Crippen molar-refractivity contribution in [3.63, 3.8) is 0 Å². The van der Waals surface area contributed by atoms with Gasteiger partial charge >= 0.3 is 0 Å². The maximum atomic E-state index is 12.0. The summed E-state index contributed by atoms with van der Waals surface area (Å²) < 4.78 is 10.4. The van der Waals surface area contributed by atoms with Gasteiger partial charge in [0.05, 0.1) is 13.2 Å². The number of amides is 1. The molecule has 1 atom stereocenters. The van der Waals surface area contributed by atoms with Crippen LogP contribution in [0.2, 0.25) is 0 Å². The van der Waals surface area contributed by atoms with E-state index in [1.54, 1.807) is 7.11 Å². The van der Waals surface area contributed by atoms with Crippen LogP contribution in [0.3, 0.4) is 0 Å². The molecule has 1 unspecified atom stereocenters. The van der Waals surface area contributed by atoms with E-state index in [4.69, 9.17) is 9.47 Å². The highest BCUT2D eigenvalue weighted by molar-refractivity contribution is 5.82. The molecule has 0 aromatic rings. The highest BCUT2D eigenvalue weighted by Crippen LogP contribution is 2.43. The number of carbonyl (C=O) groups excluding carboxylic acids is 1. The minimum atomic E-state index is -0.182. The molecular weight excluding hydrogens is 232 g/mol.